The lowest BCUT2D eigenvalue weighted by Crippen LogP contribution is -2.21. The normalized spacial score (nSPS) is 10.7. The number of anilines is 2. The number of phenols is 1. The van der Waals surface area contributed by atoms with Crippen LogP contribution >= 0.6 is 11.6 Å². The molecule has 0 unspecified atom stereocenters. The smallest absolute Gasteiger partial charge is 0.266 e. The van der Waals surface area contributed by atoms with Crippen LogP contribution in [0.25, 0.3) is 6.08 Å². The summed E-state index contributed by atoms with van der Waals surface area (Å²) in [5, 5.41) is 23.8. The van der Waals surface area contributed by atoms with Gasteiger partial charge in [0.25, 0.3) is 11.8 Å². The van der Waals surface area contributed by atoms with E-state index in [1.54, 1.807) is 6.07 Å². The zero-order valence-electron chi connectivity index (χ0n) is 18.3. The Morgan fingerprint density at radius 2 is 1.86 bits per heavy atom. The van der Waals surface area contributed by atoms with E-state index in [1.165, 1.54) is 67.8 Å². The average molecular weight is 496 g/mol. The SMILES string of the molecule is COc1cc(/C=C(\C#N)C(=O)Nc2ccc(O)cc2)cc(Cl)c1OCC(=O)Nc1ccccc1F. The number of benzene rings is 3. The van der Waals surface area contributed by atoms with Crippen molar-refractivity contribution in [2.24, 2.45) is 0 Å². The highest BCUT2D eigenvalue weighted by Crippen LogP contribution is 2.37. The molecule has 35 heavy (non-hydrogen) atoms. The minimum absolute atomic E-state index is 0.00857. The van der Waals surface area contributed by atoms with Crippen molar-refractivity contribution in [3.63, 3.8) is 0 Å². The number of halogens is 2. The van der Waals surface area contributed by atoms with Crippen molar-refractivity contribution < 1.29 is 28.6 Å². The minimum Gasteiger partial charge on any atom is -0.508 e. The third-order valence-corrected chi connectivity index (χ3v) is 4.83. The number of nitriles is 1. The zero-order chi connectivity index (χ0) is 25.4. The number of carbonyl (C=O) groups is 2. The van der Waals surface area contributed by atoms with Crippen molar-refractivity contribution in [1.82, 2.24) is 0 Å². The highest BCUT2D eigenvalue weighted by molar-refractivity contribution is 6.32. The number of hydrogen-bond acceptors (Lipinski definition) is 6. The Balaban J connectivity index is 1.74. The Bertz CT molecular complexity index is 1320. The van der Waals surface area contributed by atoms with Crippen LogP contribution in [0, 0.1) is 17.1 Å². The van der Waals surface area contributed by atoms with Gasteiger partial charge in [0.2, 0.25) is 0 Å². The summed E-state index contributed by atoms with van der Waals surface area (Å²) in [6.07, 6.45) is 1.30. The first kappa shape index (κ1) is 25.1. The van der Waals surface area contributed by atoms with Gasteiger partial charge in [-0.05, 0) is 60.2 Å². The van der Waals surface area contributed by atoms with Crippen molar-refractivity contribution in [2.75, 3.05) is 24.4 Å². The highest BCUT2D eigenvalue weighted by Gasteiger charge is 2.16. The second-order valence-electron chi connectivity index (χ2n) is 7.02. The first-order chi connectivity index (χ1) is 16.8. The predicted molar refractivity (Wildman–Crippen MR) is 129 cm³/mol. The molecule has 0 aliphatic rings. The van der Waals surface area contributed by atoms with E-state index in [4.69, 9.17) is 21.1 Å². The van der Waals surface area contributed by atoms with E-state index in [0.29, 0.717) is 11.3 Å². The number of carbonyl (C=O) groups excluding carboxylic acids is 2. The molecule has 3 aromatic carbocycles. The van der Waals surface area contributed by atoms with Gasteiger partial charge in [0.05, 0.1) is 17.8 Å². The van der Waals surface area contributed by atoms with E-state index in [1.807, 2.05) is 6.07 Å². The number of aromatic hydroxyl groups is 1. The van der Waals surface area contributed by atoms with Gasteiger partial charge in [0, 0.05) is 5.69 Å². The molecule has 0 fully saturated rings. The molecule has 8 nitrogen and oxygen atoms in total. The van der Waals surface area contributed by atoms with Crippen LogP contribution in [0.1, 0.15) is 5.56 Å². The highest BCUT2D eigenvalue weighted by atomic mass is 35.5. The molecule has 3 aromatic rings. The fourth-order valence-corrected chi connectivity index (χ4v) is 3.18. The maximum atomic E-state index is 13.7. The number of rotatable bonds is 8. The number of amides is 2. The van der Waals surface area contributed by atoms with Gasteiger partial charge in [0.1, 0.15) is 23.2 Å². The number of phenolic OH excluding ortho intramolecular Hbond substituents is 1. The summed E-state index contributed by atoms with van der Waals surface area (Å²) < 4.78 is 24.5. The van der Waals surface area contributed by atoms with Crippen molar-refractivity contribution in [3.05, 3.63) is 82.6 Å². The summed E-state index contributed by atoms with van der Waals surface area (Å²) in [6, 6.07) is 16.2. The number of nitrogens with zero attached hydrogens (tertiary/aromatic N) is 1. The van der Waals surface area contributed by atoms with Gasteiger partial charge in [-0.15, -0.1) is 0 Å². The molecule has 3 rings (SSSR count). The summed E-state index contributed by atoms with van der Waals surface area (Å²) in [6.45, 7) is -0.474. The fourth-order valence-electron chi connectivity index (χ4n) is 2.91. The molecule has 0 atom stereocenters. The van der Waals surface area contributed by atoms with E-state index in [9.17, 15) is 24.3 Å². The van der Waals surface area contributed by atoms with Crippen molar-refractivity contribution in [1.29, 1.82) is 5.26 Å². The third kappa shape index (κ3) is 6.72. The molecular weight excluding hydrogens is 477 g/mol. The number of ether oxygens (including phenoxy) is 2. The van der Waals surface area contributed by atoms with Crippen LogP contribution in [0.5, 0.6) is 17.2 Å². The molecule has 0 radical (unpaired) electrons. The van der Waals surface area contributed by atoms with Crippen LogP contribution in [0.3, 0.4) is 0 Å². The minimum atomic E-state index is -0.668. The zero-order valence-corrected chi connectivity index (χ0v) is 19.1. The second-order valence-corrected chi connectivity index (χ2v) is 7.43. The molecule has 10 heteroatoms. The van der Waals surface area contributed by atoms with Gasteiger partial charge >= 0.3 is 0 Å². The Hall–Kier alpha value is -4.55. The van der Waals surface area contributed by atoms with Gasteiger partial charge in [-0.1, -0.05) is 23.7 Å². The number of methoxy groups -OCH3 is 1. The standard InChI is InChI=1S/C25H19ClFN3O5/c1-34-22-12-15(10-16(13-28)25(33)29-17-6-8-18(31)9-7-17)11-19(26)24(22)35-14-23(32)30-21-5-3-2-4-20(21)27/h2-12,31H,14H2,1H3,(H,29,33)(H,30,32)/b16-10+. The lowest BCUT2D eigenvalue weighted by Gasteiger charge is -2.14. The maximum Gasteiger partial charge on any atom is 0.266 e. The molecule has 0 aromatic heterocycles. The quantitative estimate of drug-likeness (QED) is 0.235. The molecule has 0 heterocycles. The van der Waals surface area contributed by atoms with Gasteiger partial charge in [-0.2, -0.15) is 5.26 Å². The topological polar surface area (TPSA) is 121 Å². The van der Waals surface area contributed by atoms with Crippen LogP contribution < -0.4 is 20.1 Å². The molecule has 0 aliphatic heterocycles. The first-order valence-electron chi connectivity index (χ1n) is 10.1. The lowest BCUT2D eigenvalue weighted by atomic mass is 10.1. The Morgan fingerprint density at radius 3 is 2.51 bits per heavy atom. The predicted octanol–water partition coefficient (Wildman–Crippen LogP) is 4.76. The van der Waals surface area contributed by atoms with Crippen LogP contribution in [0.2, 0.25) is 5.02 Å². The van der Waals surface area contributed by atoms with Gasteiger partial charge in [-0.25, -0.2) is 4.39 Å². The molecule has 0 spiro atoms. The number of nitrogens with one attached hydrogen (secondary N) is 2. The largest absolute Gasteiger partial charge is 0.508 e. The fraction of sp³-hybridized carbons (Fsp3) is 0.0800. The molecule has 0 saturated heterocycles. The van der Waals surface area contributed by atoms with Crippen molar-refractivity contribution in [2.45, 2.75) is 0 Å². The van der Waals surface area contributed by atoms with Crippen LogP contribution in [-0.2, 0) is 9.59 Å². The number of para-hydroxylation sites is 1. The van der Waals surface area contributed by atoms with Gasteiger partial charge in [0.15, 0.2) is 18.1 Å². The molecule has 0 aliphatic carbocycles. The van der Waals surface area contributed by atoms with Gasteiger partial charge in [-0.3, -0.25) is 9.59 Å². The summed E-state index contributed by atoms with van der Waals surface area (Å²) in [4.78, 5) is 24.6. The Kier molecular flexibility index (Phi) is 8.27. The van der Waals surface area contributed by atoms with Crippen LogP contribution in [-0.4, -0.2) is 30.6 Å². The monoisotopic (exact) mass is 495 g/mol. The first-order valence-corrected chi connectivity index (χ1v) is 10.5. The summed E-state index contributed by atoms with van der Waals surface area (Å²) in [7, 11) is 1.36. The number of hydrogen-bond donors (Lipinski definition) is 3. The lowest BCUT2D eigenvalue weighted by molar-refractivity contribution is -0.118. The molecule has 3 N–H and O–H groups in total. The molecule has 2 amide bonds. The summed E-state index contributed by atoms with van der Waals surface area (Å²) >= 11 is 6.30. The average Bonchev–Trinajstić information content (AvgIpc) is 2.84. The van der Waals surface area contributed by atoms with Crippen molar-refractivity contribution >= 4 is 40.9 Å². The Labute approximate surface area is 205 Å². The Morgan fingerprint density at radius 1 is 1.14 bits per heavy atom. The summed E-state index contributed by atoms with van der Waals surface area (Å²) in [5.74, 6) is -1.63. The van der Waals surface area contributed by atoms with E-state index in [-0.39, 0.29) is 33.5 Å². The van der Waals surface area contributed by atoms with Crippen molar-refractivity contribution in [3.8, 4) is 23.3 Å². The molecule has 0 bridgehead atoms. The van der Waals surface area contributed by atoms with E-state index in [0.717, 1.165) is 0 Å². The molecule has 178 valence electrons. The molecule has 0 saturated carbocycles. The summed E-state index contributed by atoms with van der Waals surface area (Å²) in [5.41, 5.74) is 0.553. The molecular formula is C25H19ClFN3O5. The third-order valence-electron chi connectivity index (χ3n) is 4.55. The maximum absolute atomic E-state index is 13.7. The van der Waals surface area contributed by atoms with Crippen LogP contribution in [0.15, 0.2) is 66.2 Å². The van der Waals surface area contributed by atoms with E-state index in [2.05, 4.69) is 10.6 Å². The van der Waals surface area contributed by atoms with E-state index >= 15 is 0 Å². The second kappa shape index (κ2) is 11.5. The van der Waals surface area contributed by atoms with E-state index < -0.39 is 24.2 Å². The van der Waals surface area contributed by atoms with Gasteiger partial charge < -0.3 is 25.2 Å². The van der Waals surface area contributed by atoms with Crippen LogP contribution in [0.4, 0.5) is 15.8 Å².